The predicted molar refractivity (Wildman–Crippen MR) is 48.0 cm³/mol. The Morgan fingerprint density at radius 1 is 1.47 bits per heavy atom. The van der Waals surface area contributed by atoms with E-state index in [-0.39, 0.29) is 12.4 Å². The number of pyridine rings is 1. The van der Waals surface area contributed by atoms with Crippen LogP contribution in [0.2, 0.25) is 0 Å². The van der Waals surface area contributed by atoms with Crippen molar-refractivity contribution in [3.8, 4) is 5.75 Å². The Bertz CT molecular complexity index is 365. The minimum Gasteiger partial charge on any atom is -0.402 e. The SMILES string of the molecule is Cc1cc(OC(F)(F)F)c(N)nc1CN. The fourth-order valence-electron chi connectivity index (χ4n) is 1.06. The molecule has 0 aliphatic heterocycles. The Kier molecular flexibility index (Phi) is 3.04. The molecule has 15 heavy (non-hydrogen) atoms. The first kappa shape index (κ1) is 11.6. The van der Waals surface area contributed by atoms with E-state index in [4.69, 9.17) is 11.5 Å². The Morgan fingerprint density at radius 3 is 2.53 bits per heavy atom. The van der Waals surface area contributed by atoms with E-state index in [2.05, 4.69) is 9.72 Å². The van der Waals surface area contributed by atoms with Gasteiger partial charge in [-0.05, 0) is 18.6 Å². The molecule has 4 N–H and O–H groups in total. The molecule has 0 radical (unpaired) electrons. The van der Waals surface area contributed by atoms with Crippen LogP contribution in [0, 0.1) is 6.92 Å². The summed E-state index contributed by atoms with van der Waals surface area (Å²) < 4.78 is 39.4. The number of hydrogen-bond donors (Lipinski definition) is 2. The molecule has 0 unspecified atom stereocenters. The van der Waals surface area contributed by atoms with Gasteiger partial charge in [-0.3, -0.25) is 0 Å². The molecule has 0 aromatic carbocycles. The number of ether oxygens (including phenoxy) is 1. The highest BCUT2D eigenvalue weighted by Crippen LogP contribution is 2.28. The minimum atomic E-state index is -4.77. The second-order valence-electron chi connectivity index (χ2n) is 2.89. The summed E-state index contributed by atoms with van der Waals surface area (Å²) in [6.07, 6.45) is -4.77. The summed E-state index contributed by atoms with van der Waals surface area (Å²) in [5.41, 5.74) is 11.5. The number of nitrogens with two attached hydrogens (primary N) is 2. The molecule has 84 valence electrons. The van der Waals surface area contributed by atoms with Crippen LogP contribution in [0.1, 0.15) is 11.3 Å². The van der Waals surface area contributed by atoms with Crippen LogP contribution in [0.5, 0.6) is 5.75 Å². The van der Waals surface area contributed by atoms with Gasteiger partial charge in [-0.2, -0.15) is 0 Å². The van der Waals surface area contributed by atoms with Crippen LogP contribution >= 0.6 is 0 Å². The van der Waals surface area contributed by atoms with E-state index >= 15 is 0 Å². The third-order valence-corrected chi connectivity index (χ3v) is 1.73. The molecule has 1 aromatic heterocycles. The van der Waals surface area contributed by atoms with E-state index in [1.165, 1.54) is 0 Å². The summed E-state index contributed by atoms with van der Waals surface area (Å²) >= 11 is 0. The number of nitrogen functional groups attached to an aromatic ring is 1. The van der Waals surface area contributed by atoms with Crippen molar-refractivity contribution < 1.29 is 17.9 Å². The quantitative estimate of drug-likeness (QED) is 0.790. The number of alkyl halides is 3. The largest absolute Gasteiger partial charge is 0.573 e. The van der Waals surface area contributed by atoms with Crippen molar-refractivity contribution in [2.45, 2.75) is 19.8 Å². The number of nitrogens with zero attached hydrogens (tertiary/aromatic N) is 1. The van der Waals surface area contributed by atoms with Crippen molar-refractivity contribution in [3.63, 3.8) is 0 Å². The number of rotatable bonds is 2. The fraction of sp³-hybridized carbons (Fsp3) is 0.375. The summed E-state index contributed by atoms with van der Waals surface area (Å²) in [4.78, 5) is 3.70. The third kappa shape index (κ3) is 2.98. The summed E-state index contributed by atoms with van der Waals surface area (Å²) in [7, 11) is 0. The van der Waals surface area contributed by atoms with Crippen LogP contribution in [-0.4, -0.2) is 11.3 Å². The molecule has 0 atom stereocenters. The van der Waals surface area contributed by atoms with Crippen LogP contribution < -0.4 is 16.2 Å². The molecule has 0 aliphatic carbocycles. The molecule has 0 spiro atoms. The van der Waals surface area contributed by atoms with Gasteiger partial charge >= 0.3 is 6.36 Å². The molecule has 0 saturated heterocycles. The van der Waals surface area contributed by atoms with Gasteiger partial charge in [-0.1, -0.05) is 0 Å². The smallest absolute Gasteiger partial charge is 0.402 e. The normalized spacial score (nSPS) is 11.5. The molecule has 7 heteroatoms. The van der Waals surface area contributed by atoms with Gasteiger partial charge in [0, 0.05) is 6.54 Å². The van der Waals surface area contributed by atoms with Crippen molar-refractivity contribution in [1.82, 2.24) is 4.98 Å². The van der Waals surface area contributed by atoms with Crippen molar-refractivity contribution in [1.29, 1.82) is 0 Å². The second-order valence-corrected chi connectivity index (χ2v) is 2.89. The van der Waals surface area contributed by atoms with E-state index < -0.39 is 12.1 Å². The van der Waals surface area contributed by atoms with E-state index in [1.54, 1.807) is 6.92 Å². The Labute approximate surface area is 84.0 Å². The van der Waals surface area contributed by atoms with Gasteiger partial charge in [-0.15, -0.1) is 13.2 Å². The molecule has 4 nitrogen and oxygen atoms in total. The number of hydrogen-bond acceptors (Lipinski definition) is 4. The standard InChI is InChI=1S/C8H10F3N3O/c1-4-2-6(15-8(9,10)11)7(13)14-5(4)3-12/h2H,3,12H2,1H3,(H2,13,14). The molecule has 0 saturated carbocycles. The van der Waals surface area contributed by atoms with E-state index in [1.807, 2.05) is 0 Å². The molecule has 0 amide bonds. The number of anilines is 1. The number of aryl methyl sites for hydroxylation is 1. The average Bonchev–Trinajstić information content (AvgIpc) is 2.08. The van der Waals surface area contributed by atoms with Gasteiger partial charge in [-0.25, -0.2) is 4.98 Å². The van der Waals surface area contributed by atoms with Crippen LogP contribution in [-0.2, 0) is 6.54 Å². The van der Waals surface area contributed by atoms with Crippen LogP contribution in [0.25, 0.3) is 0 Å². The first-order valence-corrected chi connectivity index (χ1v) is 4.05. The summed E-state index contributed by atoms with van der Waals surface area (Å²) in [5.74, 6) is -0.824. The maximum absolute atomic E-state index is 11.9. The molecular weight excluding hydrogens is 211 g/mol. The lowest BCUT2D eigenvalue weighted by Gasteiger charge is -2.12. The highest BCUT2D eigenvalue weighted by molar-refractivity contribution is 5.49. The van der Waals surface area contributed by atoms with Crippen LogP contribution in [0.4, 0.5) is 19.0 Å². The summed E-state index contributed by atoms with van der Waals surface area (Å²) in [5, 5.41) is 0. The zero-order valence-electron chi connectivity index (χ0n) is 7.93. The maximum atomic E-state index is 11.9. The van der Waals surface area contributed by atoms with E-state index in [0.29, 0.717) is 11.3 Å². The van der Waals surface area contributed by atoms with Gasteiger partial charge in [0.15, 0.2) is 11.6 Å². The molecule has 0 aliphatic rings. The number of halogens is 3. The monoisotopic (exact) mass is 221 g/mol. The summed E-state index contributed by atoms with van der Waals surface area (Å²) in [6, 6.07) is 1.16. The van der Waals surface area contributed by atoms with Crippen LogP contribution in [0.15, 0.2) is 6.07 Å². The Balaban J connectivity index is 3.05. The minimum absolute atomic E-state index is 0.113. The first-order chi connectivity index (χ1) is 6.83. The lowest BCUT2D eigenvalue weighted by Crippen LogP contribution is -2.19. The number of aromatic nitrogens is 1. The van der Waals surface area contributed by atoms with E-state index in [0.717, 1.165) is 6.07 Å². The predicted octanol–water partition coefficient (Wildman–Crippen LogP) is 1.33. The van der Waals surface area contributed by atoms with Gasteiger partial charge in [0.25, 0.3) is 0 Å². The average molecular weight is 221 g/mol. The fourth-order valence-corrected chi connectivity index (χ4v) is 1.06. The van der Waals surface area contributed by atoms with Gasteiger partial charge in [0.2, 0.25) is 0 Å². The molecule has 1 heterocycles. The maximum Gasteiger partial charge on any atom is 0.573 e. The van der Waals surface area contributed by atoms with Crippen LogP contribution in [0.3, 0.4) is 0 Å². The Morgan fingerprint density at radius 2 is 2.07 bits per heavy atom. The Hall–Kier alpha value is -1.50. The molecular formula is C8H10F3N3O. The zero-order valence-corrected chi connectivity index (χ0v) is 7.93. The molecule has 1 aromatic rings. The van der Waals surface area contributed by atoms with Gasteiger partial charge in [0.05, 0.1) is 5.69 Å². The lowest BCUT2D eigenvalue weighted by atomic mass is 10.2. The van der Waals surface area contributed by atoms with Crippen molar-refractivity contribution in [3.05, 3.63) is 17.3 Å². The summed E-state index contributed by atoms with van der Waals surface area (Å²) in [6.45, 7) is 1.69. The zero-order chi connectivity index (χ0) is 11.6. The van der Waals surface area contributed by atoms with Crippen molar-refractivity contribution in [2.24, 2.45) is 5.73 Å². The molecule has 1 rings (SSSR count). The first-order valence-electron chi connectivity index (χ1n) is 4.05. The lowest BCUT2D eigenvalue weighted by molar-refractivity contribution is -0.274. The molecule has 0 fully saturated rings. The van der Waals surface area contributed by atoms with Gasteiger partial charge < -0.3 is 16.2 Å². The second kappa shape index (κ2) is 3.93. The van der Waals surface area contributed by atoms with Crippen molar-refractivity contribution >= 4 is 5.82 Å². The third-order valence-electron chi connectivity index (χ3n) is 1.73. The highest BCUT2D eigenvalue weighted by Gasteiger charge is 2.32. The van der Waals surface area contributed by atoms with E-state index in [9.17, 15) is 13.2 Å². The van der Waals surface area contributed by atoms with Crippen molar-refractivity contribution in [2.75, 3.05) is 5.73 Å². The topological polar surface area (TPSA) is 74.2 Å². The van der Waals surface area contributed by atoms with Gasteiger partial charge in [0.1, 0.15) is 0 Å². The highest BCUT2D eigenvalue weighted by atomic mass is 19.4. The molecule has 0 bridgehead atoms.